The van der Waals surface area contributed by atoms with Crippen molar-refractivity contribution in [3.63, 3.8) is 0 Å². The van der Waals surface area contributed by atoms with Gasteiger partial charge in [0.2, 0.25) is 10.0 Å². The molecule has 0 saturated heterocycles. The summed E-state index contributed by atoms with van der Waals surface area (Å²) in [6.45, 7) is 7.99. The lowest BCUT2D eigenvalue weighted by Crippen LogP contribution is -2.41. The summed E-state index contributed by atoms with van der Waals surface area (Å²) in [6, 6.07) is 3.45. The van der Waals surface area contributed by atoms with E-state index in [-0.39, 0.29) is 11.5 Å². The first-order chi connectivity index (χ1) is 9.61. The van der Waals surface area contributed by atoms with E-state index in [1.807, 2.05) is 0 Å². The lowest BCUT2D eigenvalue weighted by Gasteiger charge is -2.35. The number of sulfonamides is 1. The number of nitrogens with two attached hydrogens (primary N) is 1. The van der Waals surface area contributed by atoms with Crippen LogP contribution >= 0.6 is 0 Å². The fourth-order valence-corrected chi connectivity index (χ4v) is 5.21. The quantitative estimate of drug-likeness (QED) is 0.842. The van der Waals surface area contributed by atoms with E-state index in [9.17, 15) is 8.42 Å². The molecule has 0 bridgehead atoms. The fraction of sp³-hybridized carbons (Fsp3) is 0.625. The van der Waals surface area contributed by atoms with Crippen LogP contribution in [-0.4, -0.2) is 14.5 Å². The number of benzene rings is 1. The van der Waals surface area contributed by atoms with Gasteiger partial charge in [0, 0.05) is 11.7 Å². The maximum absolute atomic E-state index is 12.7. The second-order valence-corrected chi connectivity index (χ2v) is 8.71. The zero-order valence-corrected chi connectivity index (χ0v) is 14.2. The number of anilines is 1. The van der Waals surface area contributed by atoms with Gasteiger partial charge < -0.3 is 5.73 Å². The maximum atomic E-state index is 12.7. The third-order valence-electron chi connectivity index (χ3n) is 4.28. The first kappa shape index (κ1) is 16.3. The van der Waals surface area contributed by atoms with E-state index in [4.69, 9.17) is 5.73 Å². The van der Waals surface area contributed by atoms with Crippen molar-refractivity contribution in [2.45, 2.75) is 64.3 Å². The molecule has 1 atom stereocenters. The summed E-state index contributed by atoms with van der Waals surface area (Å²) >= 11 is 0. The molecule has 3 N–H and O–H groups in total. The Hall–Kier alpha value is -1.07. The predicted molar refractivity (Wildman–Crippen MR) is 86.7 cm³/mol. The summed E-state index contributed by atoms with van der Waals surface area (Å²) in [5.41, 5.74) is 7.99. The molecule has 4 nitrogen and oxygen atoms in total. The zero-order chi connectivity index (χ0) is 15.8. The Morgan fingerprint density at radius 2 is 1.81 bits per heavy atom. The van der Waals surface area contributed by atoms with Gasteiger partial charge in [0.05, 0.1) is 4.90 Å². The molecule has 5 heteroatoms. The van der Waals surface area contributed by atoms with Crippen molar-refractivity contribution >= 4 is 15.7 Å². The zero-order valence-electron chi connectivity index (χ0n) is 13.4. The minimum atomic E-state index is -3.49. The minimum absolute atomic E-state index is 0.0232. The summed E-state index contributed by atoms with van der Waals surface area (Å²) in [4.78, 5) is 0.375. The molecule has 1 aromatic rings. The van der Waals surface area contributed by atoms with Gasteiger partial charge in [0.1, 0.15) is 0 Å². The number of nitrogen functional groups attached to an aromatic ring is 1. The molecule has 2 rings (SSSR count). The number of rotatable bonds is 3. The van der Waals surface area contributed by atoms with Gasteiger partial charge in [0.15, 0.2) is 0 Å². The highest BCUT2D eigenvalue weighted by atomic mass is 32.2. The van der Waals surface area contributed by atoms with E-state index < -0.39 is 10.0 Å². The Morgan fingerprint density at radius 3 is 2.33 bits per heavy atom. The average Bonchev–Trinajstić information content (AvgIpc) is 2.23. The van der Waals surface area contributed by atoms with E-state index in [1.165, 1.54) is 0 Å². The summed E-state index contributed by atoms with van der Waals surface area (Å²) in [5, 5.41) is 0. The van der Waals surface area contributed by atoms with E-state index in [2.05, 4.69) is 18.6 Å². The SMILES string of the molecule is Cc1cc(N)cc(C)c1S(=O)(=O)NC1CCCC(C)(C)C1. The van der Waals surface area contributed by atoms with Gasteiger partial charge in [0.25, 0.3) is 0 Å². The molecule has 0 aliphatic heterocycles. The lowest BCUT2D eigenvalue weighted by molar-refractivity contribution is 0.212. The van der Waals surface area contributed by atoms with Crippen LogP contribution in [0.15, 0.2) is 17.0 Å². The summed E-state index contributed by atoms with van der Waals surface area (Å²) in [5.74, 6) is 0. The molecule has 0 heterocycles. The van der Waals surface area contributed by atoms with E-state index in [1.54, 1.807) is 26.0 Å². The van der Waals surface area contributed by atoms with Crippen LogP contribution in [0.2, 0.25) is 0 Å². The Labute approximate surface area is 128 Å². The second kappa shape index (κ2) is 5.61. The molecule has 21 heavy (non-hydrogen) atoms. The Balaban J connectivity index is 2.27. The van der Waals surface area contributed by atoms with Crippen LogP contribution in [0.1, 0.15) is 50.7 Å². The molecule has 1 fully saturated rings. The molecule has 0 spiro atoms. The van der Waals surface area contributed by atoms with Gasteiger partial charge in [-0.15, -0.1) is 0 Å². The highest BCUT2D eigenvalue weighted by Gasteiger charge is 2.31. The number of nitrogens with one attached hydrogen (secondary N) is 1. The third-order valence-corrected chi connectivity index (χ3v) is 6.10. The smallest absolute Gasteiger partial charge is 0.241 e. The first-order valence-corrected chi connectivity index (χ1v) is 8.98. The van der Waals surface area contributed by atoms with Crippen LogP contribution in [-0.2, 0) is 10.0 Å². The van der Waals surface area contributed by atoms with Crippen molar-refractivity contribution in [3.8, 4) is 0 Å². The number of hydrogen-bond acceptors (Lipinski definition) is 3. The lowest BCUT2D eigenvalue weighted by atomic mass is 9.75. The molecule has 118 valence electrons. The van der Waals surface area contributed by atoms with Crippen molar-refractivity contribution in [2.24, 2.45) is 5.41 Å². The monoisotopic (exact) mass is 310 g/mol. The van der Waals surface area contributed by atoms with Crippen LogP contribution in [0.3, 0.4) is 0 Å². The summed E-state index contributed by atoms with van der Waals surface area (Å²) < 4.78 is 28.3. The molecule has 1 saturated carbocycles. The van der Waals surface area contributed by atoms with Crippen molar-refractivity contribution in [1.29, 1.82) is 0 Å². The number of aryl methyl sites for hydroxylation is 2. The van der Waals surface area contributed by atoms with Gasteiger partial charge in [-0.2, -0.15) is 0 Å². The van der Waals surface area contributed by atoms with Crippen molar-refractivity contribution < 1.29 is 8.42 Å². The molecular formula is C16H26N2O2S. The topological polar surface area (TPSA) is 72.2 Å². The Morgan fingerprint density at radius 1 is 1.24 bits per heavy atom. The predicted octanol–water partition coefficient (Wildman–Crippen LogP) is 3.13. The second-order valence-electron chi connectivity index (χ2n) is 7.06. The van der Waals surface area contributed by atoms with Crippen LogP contribution in [0, 0.1) is 19.3 Å². The molecule has 1 aromatic carbocycles. The fourth-order valence-electron chi connectivity index (χ4n) is 3.48. The highest BCUT2D eigenvalue weighted by Crippen LogP contribution is 2.36. The average molecular weight is 310 g/mol. The van der Waals surface area contributed by atoms with Gasteiger partial charge >= 0.3 is 0 Å². The summed E-state index contributed by atoms with van der Waals surface area (Å²) in [7, 11) is -3.49. The standard InChI is InChI=1S/C16H26N2O2S/c1-11-8-13(17)9-12(2)15(11)21(19,20)18-14-6-5-7-16(3,4)10-14/h8-9,14,18H,5-7,10,17H2,1-4H3. The normalized spacial score (nSPS) is 22.2. The van der Waals surface area contributed by atoms with Crippen LogP contribution in [0.4, 0.5) is 5.69 Å². The Kier molecular flexibility index (Phi) is 4.36. The van der Waals surface area contributed by atoms with Crippen molar-refractivity contribution in [2.75, 3.05) is 5.73 Å². The molecular weight excluding hydrogens is 284 g/mol. The number of hydrogen-bond donors (Lipinski definition) is 2. The maximum Gasteiger partial charge on any atom is 0.241 e. The molecule has 1 aliphatic rings. The first-order valence-electron chi connectivity index (χ1n) is 7.50. The van der Waals surface area contributed by atoms with E-state index in [0.29, 0.717) is 21.7 Å². The van der Waals surface area contributed by atoms with Gasteiger partial charge in [-0.3, -0.25) is 0 Å². The van der Waals surface area contributed by atoms with Crippen molar-refractivity contribution in [3.05, 3.63) is 23.3 Å². The molecule has 0 aromatic heterocycles. The Bertz CT molecular complexity index is 613. The van der Waals surface area contributed by atoms with E-state index >= 15 is 0 Å². The van der Waals surface area contributed by atoms with Gasteiger partial charge in [-0.05, 0) is 61.8 Å². The molecule has 1 aliphatic carbocycles. The third kappa shape index (κ3) is 3.77. The largest absolute Gasteiger partial charge is 0.399 e. The molecule has 0 amide bonds. The van der Waals surface area contributed by atoms with Crippen LogP contribution < -0.4 is 10.5 Å². The van der Waals surface area contributed by atoms with Crippen LogP contribution in [0.5, 0.6) is 0 Å². The molecule has 1 unspecified atom stereocenters. The van der Waals surface area contributed by atoms with Crippen LogP contribution in [0.25, 0.3) is 0 Å². The summed E-state index contributed by atoms with van der Waals surface area (Å²) in [6.07, 6.45) is 4.03. The minimum Gasteiger partial charge on any atom is -0.399 e. The van der Waals surface area contributed by atoms with Crippen molar-refractivity contribution in [1.82, 2.24) is 4.72 Å². The molecule has 0 radical (unpaired) electrons. The highest BCUT2D eigenvalue weighted by molar-refractivity contribution is 7.89. The van der Waals surface area contributed by atoms with Gasteiger partial charge in [-0.1, -0.05) is 20.3 Å². The van der Waals surface area contributed by atoms with Gasteiger partial charge in [-0.25, -0.2) is 13.1 Å². The van der Waals surface area contributed by atoms with E-state index in [0.717, 1.165) is 25.7 Å².